The van der Waals surface area contributed by atoms with E-state index in [0.29, 0.717) is 25.0 Å². The van der Waals surface area contributed by atoms with Crippen molar-refractivity contribution < 1.29 is 14.3 Å². The summed E-state index contributed by atoms with van der Waals surface area (Å²) >= 11 is 0. The van der Waals surface area contributed by atoms with Crippen molar-refractivity contribution in [2.75, 3.05) is 31.5 Å². The van der Waals surface area contributed by atoms with Gasteiger partial charge in [-0.3, -0.25) is 4.79 Å². The summed E-state index contributed by atoms with van der Waals surface area (Å²) in [7, 11) is 0. The third-order valence-electron chi connectivity index (χ3n) is 6.37. The van der Waals surface area contributed by atoms with Gasteiger partial charge in [-0.15, -0.1) is 0 Å². The van der Waals surface area contributed by atoms with Crippen LogP contribution in [0.2, 0.25) is 0 Å². The van der Waals surface area contributed by atoms with Gasteiger partial charge in [0.05, 0.1) is 0 Å². The second-order valence-corrected chi connectivity index (χ2v) is 9.85. The molecular weight excluding hydrogens is 366 g/mol. The third kappa shape index (κ3) is 4.21. The summed E-state index contributed by atoms with van der Waals surface area (Å²) in [6.45, 7) is 10.9. The Kier molecular flexibility index (Phi) is 5.21. The zero-order chi connectivity index (χ0) is 20.8. The molecule has 3 aliphatic rings. The number of benzene rings is 1. The van der Waals surface area contributed by atoms with Gasteiger partial charge in [-0.2, -0.15) is 0 Å². The fourth-order valence-corrected chi connectivity index (χ4v) is 4.66. The molecule has 0 bridgehead atoms. The second kappa shape index (κ2) is 7.54. The average Bonchev–Trinajstić information content (AvgIpc) is 3.03. The number of rotatable bonds is 1. The number of carbonyl (C=O) groups is 2. The monoisotopic (exact) mass is 399 g/mol. The van der Waals surface area contributed by atoms with Crippen molar-refractivity contribution in [1.29, 1.82) is 0 Å². The lowest BCUT2D eigenvalue weighted by Gasteiger charge is -2.36. The van der Waals surface area contributed by atoms with Gasteiger partial charge in [-0.25, -0.2) is 4.79 Å². The standard InChI is InChI=1S/C23H33N3O3/c1-15-7-10-25(11-8-15)21(27)16-5-6-19-17(13-16)18-14-26(12-9-20(18)24-19)22(28)29-23(2,3)4/h5-6,13,15,18,20,24H,7-12,14H2,1-4H3. The molecule has 1 aromatic carbocycles. The molecule has 2 atom stereocenters. The minimum Gasteiger partial charge on any atom is -0.444 e. The molecule has 0 aliphatic carbocycles. The molecule has 0 radical (unpaired) electrons. The maximum atomic E-state index is 13.0. The lowest BCUT2D eigenvalue weighted by Crippen LogP contribution is -2.46. The summed E-state index contributed by atoms with van der Waals surface area (Å²) in [5, 5.41) is 3.59. The lowest BCUT2D eigenvalue weighted by molar-refractivity contribution is 0.0194. The number of fused-ring (bicyclic) bond motifs is 3. The predicted octanol–water partition coefficient (Wildman–Crippen LogP) is 4.08. The number of likely N-dealkylation sites (tertiary alicyclic amines) is 2. The van der Waals surface area contributed by atoms with E-state index in [-0.39, 0.29) is 17.9 Å². The van der Waals surface area contributed by atoms with Crippen LogP contribution in [0.3, 0.4) is 0 Å². The molecular formula is C23H33N3O3. The van der Waals surface area contributed by atoms with Crippen LogP contribution in [-0.2, 0) is 4.74 Å². The lowest BCUT2D eigenvalue weighted by atomic mass is 9.88. The Hall–Kier alpha value is -2.24. The van der Waals surface area contributed by atoms with Gasteiger partial charge in [-0.1, -0.05) is 6.92 Å². The topological polar surface area (TPSA) is 61.9 Å². The average molecular weight is 400 g/mol. The SMILES string of the molecule is CC1CCN(C(=O)c2ccc3c(c2)C2CN(C(=O)OC(C)(C)C)CCC2N3)CC1. The second-order valence-electron chi connectivity index (χ2n) is 9.85. The Labute approximate surface area is 173 Å². The van der Waals surface area contributed by atoms with Gasteiger partial charge in [0.2, 0.25) is 0 Å². The zero-order valence-corrected chi connectivity index (χ0v) is 18.0. The fraction of sp³-hybridized carbons (Fsp3) is 0.652. The third-order valence-corrected chi connectivity index (χ3v) is 6.37. The molecule has 2 saturated heterocycles. The summed E-state index contributed by atoms with van der Waals surface area (Å²) in [6.07, 6.45) is 2.78. The van der Waals surface area contributed by atoms with Crippen molar-refractivity contribution in [1.82, 2.24) is 9.80 Å². The van der Waals surface area contributed by atoms with Crippen LogP contribution in [0.5, 0.6) is 0 Å². The molecule has 158 valence electrons. The van der Waals surface area contributed by atoms with Crippen molar-refractivity contribution in [2.24, 2.45) is 5.92 Å². The quantitative estimate of drug-likeness (QED) is 0.773. The molecule has 1 aromatic rings. The van der Waals surface area contributed by atoms with Crippen LogP contribution in [0, 0.1) is 5.92 Å². The molecule has 2 unspecified atom stereocenters. The summed E-state index contributed by atoms with van der Waals surface area (Å²) < 4.78 is 5.57. The van der Waals surface area contributed by atoms with Gasteiger partial charge in [0.1, 0.15) is 5.60 Å². The van der Waals surface area contributed by atoms with E-state index in [2.05, 4.69) is 12.2 Å². The molecule has 1 N–H and O–H groups in total. The summed E-state index contributed by atoms with van der Waals surface area (Å²) in [6, 6.07) is 6.33. The molecule has 2 amide bonds. The first-order valence-corrected chi connectivity index (χ1v) is 10.9. The molecule has 6 nitrogen and oxygen atoms in total. The molecule has 0 spiro atoms. The minimum absolute atomic E-state index is 0.128. The number of piperidine rings is 2. The van der Waals surface area contributed by atoms with E-state index in [0.717, 1.165) is 49.2 Å². The van der Waals surface area contributed by atoms with Crippen molar-refractivity contribution in [3.8, 4) is 0 Å². The van der Waals surface area contributed by atoms with Crippen LogP contribution in [0.1, 0.15) is 68.8 Å². The Morgan fingerprint density at radius 3 is 2.45 bits per heavy atom. The molecule has 29 heavy (non-hydrogen) atoms. The highest BCUT2D eigenvalue weighted by Gasteiger charge is 2.39. The Morgan fingerprint density at radius 2 is 1.76 bits per heavy atom. The van der Waals surface area contributed by atoms with E-state index in [1.807, 2.05) is 48.8 Å². The van der Waals surface area contributed by atoms with E-state index >= 15 is 0 Å². The van der Waals surface area contributed by atoms with Gasteiger partial charge in [-0.05, 0) is 69.7 Å². The highest BCUT2D eigenvalue weighted by molar-refractivity contribution is 5.95. The molecule has 3 aliphatic heterocycles. The van der Waals surface area contributed by atoms with Crippen LogP contribution < -0.4 is 5.32 Å². The van der Waals surface area contributed by atoms with Gasteiger partial charge in [0.15, 0.2) is 0 Å². The van der Waals surface area contributed by atoms with Crippen molar-refractivity contribution >= 4 is 17.7 Å². The molecule has 6 heteroatoms. The van der Waals surface area contributed by atoms with E-state index < -0.39 is 5.60 Å². The van der Waals surface area contributed by atoms with E-state index in [1.165, 1.54) is 0 Å². The number of hydrogen-bond acceptors (Lipinski definition) is 4. The maximum absolute atomic E-state index is 13.0. The number of ether oxygens (including phenoxy) is 1. The zero-order valence-electron chi connectivity index (χ0n) is 18.0. The van der Waals surface area contributed by atoms with Crippen LogP contribution in [0.25, 0.3) is 0 Å². The first-order valence-electron chi connectivity index (χ1n) is 10.9. The Morgan fingerprint density at radius 1 is 1.07 bits per heavy atom. The van der Waals surface area contributed by atoms with Gasteiger partial charge in [0.25, 0.3) is 5.91 Å². The van der Waals surface area contributed by atoms with E-state index in [9.17, 15) is 9.59 Å². The van der Waals surface area contributed by atoms with Crippen molar-refractivity contribution in [3.05, 3.63) is 29.3 Å². The maximum Gasteiger partial charge on any atom is 0.410 e. The summed E-state index contributed by atoms with van der Waals surface area (Å²) in [5.41, 5.74) is 2.51. The van der Waals surface area contributed by atoms with Gasteiger partial charge < -0.3 is 19.9 Å². The Balaban J connectivity index is 1.49. The highest BCUT2D eigenvalue weighted by Crippen LogP contribution is 2.41. The number of carbonyl (C=O) groups excluding carboxylic acids is 2. The van der Waals surface area contributed by atoms with Crippen molar-refractivity contribution in [2.45, 2.75) is 64.5 Å². The first-order chi connectivity index (χ1) is 13.7. The normalized spacial score (nSPS) is 24.6. The number of amides is 2. The largest absolute Gasteiger partial charge is 0.444 e. The fourth-order valence-electron chi connectivity index (χ4n) is 4.66. The van der Waals surface area contributed by atoms with E-state index in [1.54, 1.807) is 0 Å². The van der Waals surface area contributed by atoms with Crippen LogP contribution in [0.4, 0.5) is 10.5 Å². The smallest absolute Gasteiger partial charge is 0.410 e. The highest BCUT2D eigenvalue weighted by atomic mass is 16.6. The number of anilines is 1. The molecule has 0 aromatic heterocycles. The summed E-state index contributed by atoms with van der Waals surface area (Å²) in [5.74, 6) is 1.02. The van der Waals surface area contributed by atoms with Crippen molar-refractivity contribution in [3.63, 3.8) is 0 Å². The Bertz CT molecular complexity index is 793. The predicted molar refractivity (Wildman–Crippen MR) is 113 cm³/mol. The number of nitrogens with zero attached hydrogens (tertiary/aromatic N) is 2. The van der Waals surface area contributed by atoms with Crippen LogP contribution in [0.15, 0.2) is 18.2 Å². The number of nitrogens with one attached hydrogen (secondary N) is 1. The number of hydrogen-bond donors (Lipinski definition) is 1. The van der Waals surface area contributed by atoms with Crippen LogP contribution in [-0.4, -0.2) is 59.6 Å². The van der Waals surface area contributed by atoms with Gasteiger partial charge in [0, 0.05) is 49.4 Å². The van der Waals surface area contributed by atoms with Crippen LogP contribution >= 0.6 is 0 Å². The summed E-state index contributed by atoms with van der Waals surface area (Å²) in [4.78, 5) is 29.4. The molecule has 2 fully saturated rings. The molecule has 4 rings (SSSR count). The van der Waals surface area contributed by atoms with E-state index in [4.69, 9.17) is 4.74 Å². The first kappa shape index (κ1) is 20.0. The molecule has 0 saturated carbocycles. The van der Waals surface area contributed by atoms with Gasteiger partial charge >= 0.3 is 6.09 Å². The molecule has 3 heterocycles. The minimum atomic E-state index is -0.495.